The molecule has 0 amide bonds. The van der Waals surface area contributed by atoms with Crippen molar-refractivity contribution in [3.8, 4) is 5.75 Å². The number of phenols is 1. The number of aliphatic hydroxyl groups is 1. The highest BCUT2D eigenvalue weighted by Gasteiger charge is 2.46. The monoisotopic (exact) mass is 379 g/mol. The molecule has 3 heteroatoms. The Morgan fingerprint density at radius 2 is 1.79 bits per heavy atom. The molecule has 0 aromatic heterocycles. The fraction of sp³-hybridized carbons (Fsp3) is 0.600. The first kappa shape index (κ1) is 18.3. The summed E-state index contributed by atoms with van der Waals surface area (Å²) >= 11 is 0. The molecule has 0 radical (unpaired) electrons. The minimum Gasteiger partial charge on any atom is -0.508 e. The number of hydrogen-bond acceptors (Lipinski definition) is 3. The van der Waals surface area contributed by atoms with E-state index in [1.54, 1.807) is 0 Å². The van der Waals surface area contributed by atoms with Gasteiger partial charge >= 0.3 is 0 Å². The third-order valence-corrected chi connectivity index (χ3v) is 7.91. The number of hydrogen-bond donors (Lipinski definition) is 2. The molecule has 3 nitrogen and oxygen atoms in total. The van der Waals surface area contributed by atoms with Gasteiger partial charge < -0.3 is 15.1 Å². The molecule has 2 N–H and O–H groups in total. The fourth-order valence-corrected chi connectivity index (χ4v) is 6.72. The van der Waals surface area contributed by atoms with E-state index < -0.39 is 0 Å². The minimum atomic E-state index is 0.423. The van der Waals surface area contributed by atoms with Gasteiger partial charge in [0, 0.05) is 12.5 Å². The van der Waals surface area contributed by atoms with Crippen molar-refractivity contribution in [3.05, 3.63) is 53.3 Å². The Morgan fingerprint density at radius 1 is 0.964 bits per heavy atom. The van der Waals surface area contributed by atoms with E-state index in [1.807, 2.05) is 18.2 Å². The van der Waals surface area contributed by atoms with Crippen molar-refractivity contribution in [1.29, 1.82) is 0 Å². The van der Waals surface area contributed by atoms with Crippen LogP contribution in [0.4, 0.5) is 0 Å². The van der Waals surface area contributed by atoms with Crippen LogP contribution >= 0.6 is 0 Å². The van der Waals surface area contributed by atoms with Crippen LogP contribution in [0.1, 0.15) is 67.9 Å². The molecule has 1 aromatic carbocycles. The van der Waals surface area contributed by atoms with Crippen LogP contribution < -0.4 is 0 Å². The maximum absolute atomic E-state index is 10.2. The summed E-state index contributed by atoms with van der Waals surface area (Å²) in [7, 11) is 0. The molecule has 0 bridgehead atoms. The standard InChI is InChI=1S/C25H33NO2/c27-18-9-7-17(8-10-18)25-22-6-2-1-5-20(22)23-15-19(28)11-12-21(23)24(25)16-26-13-3-4-14-26/h7,9-12,15,17,20,22,24-25,27-28H,1-6,8,13-14,16H2/t17?,20-,22+,24+,25+/m1/s1. The predicted octanol–water partition coefficient (Wildman–Crippen LogP) is 5.49. The average Bonchev–Trinajstić information content (AvgIpc) is 3.22. The van der Waals surface area contributed by atoms with Gasteiger partial charge in [0.25, 0.3) is 0 Å². The van der Waals surface area contributed by atoms with Crippen molar-refractivity contribution in [2.75, 3.05) is 19.6 Å². The van der Waals surface area contributed by atoms with Crippen LogP contribution in [0.3, 0.4) is 0 Å². The molecule has 1 heterocycles. The van der Waals surface area contributed by atoms with Crippen molar-refractivity contribution in [2.45, 2.75) is 56.8 Å². The first-order valence-corrected chi connectivity index (χ1v) is 11.3. The van der Waals surface area contributed by atoms with E-state index in [0.29, 0.717) is 41.1 Å². The smallest absolute Gasteiger partial charge is 0.115 e. The van der Waals surface area contributed by atoms with Crippen LogP contribution in [0.5, 0.6) is 5.75 Å². The zero-order chi connectivity index (χ0) is 19.1. The van der Waals surface area contributed by atoms with Crippen molar-refractivity contribution in [3.63, 3.8) is 0 Å². The van der Waals surface area contributed by atoms with E-state index in [2.05, 4.69) is 23.1 Å². The first-order chi connectivity index (χ1) is 13.7. The Labute approximate surface area is 168 Å². The number of phenolic OH excluding ortho intramolecular Hbond substituents is 1. The normalized spacial score (nSPS) is 35.3. The molecular weight excluding hydrogens is 346 g/mol. The van der Waals surface area contributed by atoms with Gasteiger partial charge in [-0.2, -0.15) is 0 Å². The highest BCUT2D eigenvalue weighted by atomic mass is 16.3. The molecule has 150 valence electrons. The molecule has 1 saturated carbocycles. The quantitative estimate of drug-likeness (QED) is 0.729. The molecule has 2 fully saturated rings. The summed E-state index contributed by atoms with van der Waals surface area (Å²) < 4.78 is 0. The highest BCUT2D eigenvalue weighted by Crippen LogP contribution is 2.56. The Morgan fingerprint density at radius 3 is 2.57 bits per heavy atom. The molecule has 1 unspecified atom stereocenters. The van der Waals surface area contributed by atoms with Gasteiger partial charge in [-0.1, -0.05) is 25.0 Å². The molecular formula is C25H33NO2. The van der Waals surface area contributed by atoms with Gasteiger partial charge in [-0.05, 0) is 104 Å². The maximum atomic E-state index is 10.2. The number of benzene rings is 1. The zero-order valence-corrected chi connectivity index (χ0v) is 16.8. The minimum absolute atomic E-state index is 0.423. The summed E-state index contributed by atoms with van der Waals surface area (Å²) in [6, 6.07) is 6.20. The van der Waals surface area contributed by atoms with E-state index in [0.717, 1.165) is 13.0 Å². The first-order valence-electron chi connectivity index (χ1n) is 11.3. The maximum Gasteiger partial charge on any atom is 0.115 e. The number of allylic oxidation sites excluding steroid dienone is 3. The van der Waals surface area contributed by atoms with Gasteiger partial charge in [-0.25, -0.2) is 0 Å². The fourth-order valence-electron chi connectivity index (χ4n) is 6.72. The van der Waals surface area contributed by atoms with Crippen molar-refractivity contribution in [2.24, 2.45) is 17.8 Å². The van der Waals surface area contributed by atoms with E-state index in [4.69, 9.17) is 0 Å². The van der Waals surface area contributed by atoms with Gasteiger partial charge in [0.05, 0.1) is 0 Å². The van der Waals surface area contributed by atoms with E-state index in [1.165, 1.54) is 62.7 Å². The summed E-state index contributed by atoms with van der Waals surface area (Å²) in [6.07, 6.45) is 15.0. The number of fused-ring (bicyclic) bond motifs is 3. The molecule has 1 aliphatic heterocycles. The Hall–Kier alpha value is -1.74. The Kier molecular flexibility index (Phi) is 4.96. The van der Waals surface area contributed by atoms with Crippen LogP contribution in [0, 0.1) is 17.8 Å². The van der Waals surface area contributed by atoms with Crippen molar-refractivity contribution >= 4 is 0 Å². The van der Waals surface area contributed by atoms with Crippen LogP contribution in [-0.4, -0.2) is 34.7 Å². The van der Waals surface area contributed by atoms with Crippen molar-refractivity contribution in [1.82, 2.24) is 4.90 Å². The number of nitrogens with zero attached hydrogens (tertiary/aromatic N) is 1. The van der Waals surface area contributed by atoms with Crippen LogP contribution in [0.25, 0.3) is 0 Å². The summed E-state index contributed by atoms with van der Waals surface area (Å²) in [5, 5.41) is 20.1. The molecule has 3 aliphatic carbocycles. The summed E-state index contributed by atoms with van der Waals surface area (Å²) in [6.45, 7) is 3.60. The zero-order valence-electron chi connectivity index (χ0n) is 16.8. The number of likely N-dealkylation sites (tertiary alicyclic amines) is 1. The van der Waals surface area contributed by atoms with Gasteiger partial charge in [-0.3, -0.25) is 0 Å². The lowest BCUT2D eigenvalue weighted by Crippen LogP contribution is -2.43. The largest absolute Gasteiger partial charge is 0.508 e. The van der Waals surface area contributed by atoms with E-state index >= 15 is 0 Å². The second-order valence-corrected chi connectivity index (χ2v) is 9.45. The highest BCUT2D eigenvalue weighted by molar-refractivity contribution is 5.43. The average molecular weight is 380 g/mol. The second-order valence-electron chi connectivity index (χ2n) is 9.45. The number of aromatic hydroxyl groups is 1. The lowest BCUT2D eigenvalue weighted by Gasteiger charge is -2.50. The molecule has 0 spiro atoms. The van der Waals surface area contributed by atoms with Crippen LogP contribution in [-0.2, 0) is 0 Å². The van der Waals surface area contributed by atoms with Gasteiger partial charge in [0.15, 0.2) is 0 Å². The summed E-state index contributed by atoms with van der Waals surface area (Å²) in [4.78, 5) is 2.66. The molecule has 4 aliphatic rings. The molecule has 28 heavy (non-hydrogen) atoms. The summed E-state index contributed by atoms with van der Waals surface area (Å²) in [5.41, 5.74) is 2.92. The topological polar surface area (TPSA) is 43.7 Å². The Balaban J connectivity index is 1.56. The molecule has 1 aromatic rings. The van der Waals surface area contributed by atoms with Crippen molar-refractivity contribution < 1.29 is 10.2 Å². The van der Waals surface area contributed by atoms with Gasteiger partial charge in [-0.15, -0.1) is 0 Å². The third-order valence-electron chi connectivity index (χ3n) is 7.91. The lowest BCUT2D eigenvalue weighted by molar-refractivity contribution is 0.108. The van der Waals surface area contributed by atoms with Crippen LogP contribution in [0.2, 0.25) is 0 Å². The predicted molar refractivity (Wildman–Crippen MR) is 113 cm³/mol. The summed E-state index contributed by atoms with van der Waals surface area (Å²) in [5.74, 6) is 3.79. The second kappa shape index (κ2) is 7.59. The number of aliphatic hydroxyl groups excluding tert-OH is 1. The Bertz CT molecular complexity index is 777. The molecule has 5 rings (SSSR count). The van der Waals surface area contributed by atoms with E-state index in [-0.39, 0.29) is 0 Å². The van der Waals surface area contributed by atoms with E-state index in [9.17, 15) is 10.2 Å². The number of rotatable bonds is 3. The SMILES string of the molecule is OC1=CCC([C@H]2[C@H]3CCCC[C@H]3c3cc(O)ccc3[C@@H]2CN2CCCC2)C=C1. The van der Waals surface area contributed by atoms with Gasteiger partial charge in [0.2, 0.25) is 0 Å². The molecule has 5 atom stereocenters. The molecule has 1 saturated heterocycles. The third kappa shape index (κ3) is 3.28. The van der Waals surface area contributed by atoms with Gasteiger partial charge in [0.1, 0.15) is 11.5 Å². The lowest BCUT2D eigenvalue weighted by atomic mass is 9.55. The van der Waals surface area contributed by atoms with Crippen LogP contribution in [0.15, 0.2) is 42.2 Å².